The summed E-state index contributed by atoms with van der Waals surface area (Å²) in [4.78, 5) is 0. The second-order valence-corrected chi connectivity index (χ2v) is 5.73. The largest absolute Gasteiger partial charge is 0.399 e. The molecule has 3 N–H and O–H groups in total. The lowest BCUT2D eigenvalue weighted by molar-refractivity contribution is 0.363. The predicted octanol–water partition coefficient (Wildman–Crippen LogP) is 2.60. The summed E-state index contributed by atoms with van der Waals surface area (Å²) >= 11 is 0. The van der Waals surface area contributed by atoms with Crippen LogP contribution in [0.1, 0.15) is 43.9 Å². The van der Waals surface area contributed by atoms with E-state index < -0.39 is 0 Å². The molecule has 0 saturated heterocycles. The molecular weight excluding hydrogens is 196 g/mol. The van der Waals surface area contributed by atoms with Crippen molar-refractivity contribution in [2.24, 2.45) is 5.92 Å². The molecule has 1 unspecified atom stereocenters. The van der Waals surface area contributed by atoms with E-state index >= 15 is 0 Å². The smallest absolute Gasteiger partial charge is 0.0347 e. The maximum Gasteiger partial charge on any atom is 0.0347 e. The van der Waals surface area contributed by atoms with Crippen molar-refractivity contribution in [2.75, 3.05) is 12.3 Å². The van der Waals surface area contributed by atoms with Crippen molar-refractivity contribution in [2.45, 2.75) is 38.1 Å². The summed E-state index contributed by atoms with van der Waals surface area (Å²) in [6.07, 6.45) is 2.67. The molecule has 0 bridgehead atoms. The van der Waals surface area contributed by atoms with E-state index in [0.717, 1.165) is 12.2 Å². The summed E-state index contributed by atoms with van der Waals surface area (Å²) in [6.45, 7) is 5.69. The molecule has 0 radical (unpaired) electrons. The normalized spacial score (nSPS) is 25.8. The number of benzene rings is 1. The van der Waals surface area contributed by atoms with Gasteiger partial charge in [0.05, 0.1) is 0 Å². The summed E-state index contributed by atoms with van der Waals surface area (Å²) in [5, 5.41) is 3.70. The van der Waals surface area contributed by atoms with Crippen LogP contribution >= 0.6 is 0 Å². The standard InChI is InChI=1S/C14H20N2/c1-9(2)13-11-7-10(15)3-4-12(11)14(5-6-14)8-16-13/h3-4,7,9,13,16H,5-6,8,15H2,1-2H3. The lowest BCUT2D eigenvalue weighted by Gasteiger charge is -2.35. The molecule has 1 aromatic carbocycles. The first-order valence-corrected chi connectivity index (χ1v) is 6.26. The Kier molecular flexibility index (Phi) is 2.05. The van der Waals surface area contributed by atoms with Gasteiger partial charge in [-0.25, -0.2) is 0 Å². The van der Waals surface area contributed by atoms with Crippen molar-refractivity contribution in [1.82, 2.24) is 5.32 Å². The van der Waals surface area contributed by atoms with E-state index in [1.807, 2.05) is 0 Å². The maximum atomic E-state index is 5.93. The van der Waals surface area contributed by atoms with Crippen LogP contribution in [0.5, 0.6) is 0 Å². The van der Waals surface area contributed by atoms with Crippen molar-refractivity contribution in [3.63, 3.8) is 0 Å². The number of nitrogens with one attached hydrogen (secondary N) is 1. The first kappa shape index (κ1) is 10.2. The fourth-order valence-corrected chi connectivity index (χ4v) is 3.02. The summed E-state index contributed by atoms with van der Waals surface area (Å²) in [6, 6.07) is 6.96. The van der Waals surface area contributed by atoms with Gasteiger partial charge in [0.2, 0.25) is 0 Å². The highest BCUT2D eigenvalue weighted by molar-refractivity contribution is 5.52. The molecule has 0 amide bonds. The Morgan fingerprint density at radius 2 is 2.12 bits per heavy atom. The lowest BCUT2D eigenvalue weighted by Crippen LogP contribution is -2.39. The van der Waals surface area contributed by atoms with Gasteiger partial charge >= 0.3 is 0 Å². The van der Waals surface area contributed by atoms with E-state index in [2.05, 4.69) is 37.4 Å². The molecule has 1 spiro atoms. The number of anilines is 1. The van der Waals surface area contributed by atoms with Crippen molar-refractivity contribution in [3.05, 3.63) is 29.3 Å². The van der Waals surface area contributed by atoms with Gasteiger partial charge in [0.15, 0.2) is 0 Å². The van der Waals surface area contributed by atoms with E-state index in [0.29, 0.717) is 17.4 Å². The first-order valence-electron chi connectivity index (χ1n) is 6.26. The molecule has 86 valence electrons. The van der Waals surface area contributed by atoms with Crippen LogP contribution in [-0.2, 0) is 5.41 Å². The molecule has 1 atom stereocenters. The molecule has 2 nitrogen and oxygen atoms in total. The van der Waals surface area contributed by atoms with Crippen LogP contribution in [0.15, 0.2) is 18.2 Å². The van der Waals surface area contributed by atoms with Crippen LogP contribution in [0.25, 0.3) is 0 Å². The van der Waals surface area contributed by atoms with Crippen LogP contribution in [0.4, 0.5) is 5.69 Å². The van der Waals surface area contributed by atoms with Crippen LogP contribution in [0.3, 0.4) is 0 Å². The number of fused-ring (bicyclic) bond motifs is 2. The lowest BCUT2D eigenvalue weighted by atomic mass is 9.80. The Morgan fingerprint density at radius 1 is 1.38 bits per heavy atom. The summed E-state index contributed by atoms with van der Waals surface area (Å²) in [5.41, 5.74) is 10.3. The molecule has 1 fully saturated rings. The van der Waals surface area contributed by atoms with Gasteiger partial charge in [0, 0.05) is 23.7 Å². The Bertz CT molecular complexity index is 419. The minimum Gasteiger partial charge on any atom is -0.399 e. The second kappa shape index (κ2) is 3.24. The van der Waals surface area contributed by atoms with E-state index in [4.69, 9.17) is 5.73 Å². The number of nitrogen functional groups attached to an aromatic ring is 1. The molecule has 0 aromatic heterocycles. The van der Waals surface area contributed by atoms with Crippen molar-refractivity contribution >= 4 is 5.69 Å². The molecule has 1 aromatic rings. The van der Waals surface area contributed by atoms with Crippen molar-refractivity contribution < 1.29 is 0 Å². The molecular formula is C14H20N2. The summed E-state index contributed by atoms with van der Waals surface area (Å²) in [5.74, 6) is 0.622. The fraction of sp³-hybridized carbons (Fsp3) is 0.571. The predicted molar refractivity (Wildman–Crippen MR) is 67.3 cm³/mol. The monoisotopic (exact) mass is 216 g/mol. The van der Waals surface area contributed by atoms with Gasteiger partial charge in [-0.3, -0.25) is 0 Å². The van der Waals surface area contributed by atoms with E-state index in [1.165, 1.54) is 18.4 Å². The molecule has 1 heterocycles. The minimum atomic E-state index is 0.453. The Hall–Kier alpha value is -1.02. The zero-order chi connectivity index (χ0) is 11.3. The molecule has 16 heavy (non-hydrogen) atoms. The third-order valence-electron chi connectivity index (χ3n) is 4.16. The van der Waals surface area contributed by atoms with Gasteiger partial charge in [-0.05, 0) is 42.0 Å². The van der Waals surface area contributed by atoms with Crippen LogP contribution in [0.2, 0.25) is 0 Å². The minimum absolute atomic E-state index is 0.453. The van der Waals surface area contributed by atoms with Gasteiger partial charge in [0.1, 0.15) is 0 Å². The van der Waals surface area contributed by atoms with Crippen LogP contribution < -0.4 is 11.1 Å². The van der Waals surface area contributed by atoms with Gasteiger partial charge in [0.25, 0.3) is 0 Å². The average Bonchev–Trinajstić information content (AvgIpc) is 2.98. The van der Waals surface area contributed by atoms with Crippen molar-refractivity contribution in [3.8, 4) is 0 Å². The van der Waals surface area contributed by atoms with Crippen LogP contribution in [-0.4, -0.2) is 6.54 Å². The molecule has 2 aliphatic rings. The van der Waals surface area contributed by atoms with E-state index in [9.17, 15) is 0 Å². The van der Waals surface area contributed by atoms with E-state index in [1.54, 1.807) is 5.56 Å². The summed E-state index contributed by atoms with van der Waals surface area (Å²) in [7, 11) is 0. The average molecular weight is 216 g/mol. The Labute approximate surface area is 97.2 Å². The summed E-state index contributed by atoms with van der Waals surface area (Å²) < 4.78 is 0. The van der Waals surface area contributed by atoms with Crippen LogP contribution in [0, 0.1) is 5.92 Å². The van der Waals surface area contributed by atoms with Gasteiger partial charge in [-0.15, -0.1) is 0 Å². The fourth-order valence-electron chi connectivity index (χ4n) is 3.02. The SMILES string of the molecule is CC(C)C1NCC2(CC2)c2ccc(N)cc21. The second-order valence-electron chi connectivity index (χ2n) is 5.73. The zero-order valence-electron chi connectivity index (χ0n) is 10.1. The Balaban J connectivity index is 2.11. The third kappa shape index (κ3) is 1.36. The van der Waals surface area contributed by atoms with Gasteiger partial charge in [-0.1, -0.05) is 19.9 Å². The maximum absolute atomic E-state index is 5.93. The Morgan fingerprint density at radius 3 is 2.75 bits per heavy atom. The van der Waals surface area contributed by atoms with Gasteiger partial charge in [-0.2, -0.15) is 0 Å². The number of hydrogen-bond donors (Lipinski definition) is 2. The highest BCUT2D eigenvalue weighted by Crippen LogP contribution is 2.53. The highest BCUT2D eigenvalue weighted by Gasteiger charge is 2.48. The number of hydrogen-bond acceptors (Lipinski definition) is 2. The third-order valence-corrected chi connectivity index (χ3v) is 4.16. The first-order chi connectivity index (χ1) is 7.62. The molecule has 1 aliphatic carbocycles. The zero-order valence-corrected chi connectivity index (χ0v) is 10.1. The van der Waals surface area contributed by atoms with E-state index in [-0.39, 0.29) is 0 Å². The molecule has 1 aliphatic heterocycles. The number of nitrogens with two attached hydrogens (primary N) is 1. The topological polar surface area (TPSA) is 38.0 Å². The van der Waals surface area contributed by atoms with Gasteiger partial charge < -0.3 is 11.1 Å². The molecule has 3 rings (SSSR count). The molecule has 1 saturated carbocycles. The highest BCUT2D eigenvalue weighted by atomic mass is 15.0. The van der Waals surface area contributed by atoms with Crippen molar-refractivity contribution in [1.29, 1.82) is 0 Å². The quantitative estimate of drug-likeness (QED) is 0.708. The molecule has 2 heteroatoms. The number of rotatable bonds is 1.